The van der Waals surface area contributed by atoms with E-state index in [9.17, 15) is 19.5 Å². The zero-order chi connectivity index (χ0) is 19.7. The summed E-state index contributed by atoms with van der Waals surface area (Å²) in [5.41, 5.74) is 3.33. The highest BCUT2D eigenvalue weighted by Gasteiger charge is 2.53. The van der Waals surface area contributed by atoms with Crippen molar-refractivity contribution < 1.29 is 19.5 Å². The molecule has 1 fully saturated rings. The minimum atomic E-state index is -0.827. The molecule has 1 unspecified atom stereocenters. The van der Waals surface area contributed by atoms with Crippen LogP contribution in [0.4, 0.5) is 4.79 Å². The van der Waals surface area contributed by atoms with Crippen LogP contribution in [0.5, 0.6) is 5.75 Å². The topological polar surface area (TPSA) is 120 Å². The SMILES string of the molecule is C/C(=N\NC(=O)CN1C=[N+]=C2C1C(=O)N(C)C(=O)N2C)c1ccccc1O. The van der Waals surface area contributed by atoms with Gasteiger partial charge in [-0.05, 0) is 19.1 Å². The number of amides is 4. The van der Waals surface area contributed by atoms with E-state index in [4.69, 9.17) is 0 Å². The standard InChI is InChI=1S/C17H18N6O4/c1-10(11-6-4-5-7-12(11)24)19-20-13(25)8-23-9-18-15-14(23)16(26)22(3)17(27)21(15)2/h4-7,9,14H,8H2,1-3H3,(H-,19,20,24,25)/p+1. The highest BCUT2D eigenvalue weighted by Crippen LogP contribution is 2.17. The molecule has 2 aliphatic heterocycles. The molecule has 2 aliphatic rings. The van der Waals surface area contributed by atoms with Gasteiger partial charge in [0.2, 0.25) is 0 Å². The summed E-state index contributed by atoms with van der Waals surface area (Å²) < 4.78 is 4.09. The number of imide groups is 1. The number of carbonyl (C=O) groups is 3. The van der Waals surface area contributed by atoms with Crippen LogP contribution in [-0.2, 0) is 9.59 Å². The van der Waals surface area contributed by atoms with Crippen molar-refractivity contribution in [2.45, 2.75) is 13.0 Å². The van der Waals surface area contributed by atoms with Crippen LogP contribution in [0.25, 0.3) is 0 Å². The number of nitrogens with one attached hydrogen (secondary N) is 1. The van der Waals surface area contributed by atoms with Gasteiger partial charge in [0.25, 0.3) is 24.2 Å². The van der Waals surface area contributed by atoms with Gasteiger partial charge in [-0.3, -0.25) is 19.4 Å². The fourth-order valence-electron chi connectivity index (χ4n) is 2.86. The lowest BCUT2D eigenvalue weighted by atomic mass is 10.1. The van der Waals surface area contributed by atoms with E-state index in [1.807, 2.05) is 0 Å². The summed E-state index contributed by atoms with van der Waals surface area (Å²) in [5, 5.41) is 13.8. The average molecular weight is 371 g/mol. The minimum absolute atomic E-state index is 0.0578. The molecule has 4 amide bonds. The van der Waals surface area contributed by atoms with E-state index in [2.05, 4.69) is 15.2 Å². The number of nitrogens with zero attached hydrogens (tertiary/aromatic N) is 5. The molecular weight excluding hydrogens is 352 g/mol. The monoisotopic (exact) mass is 371 g/mol. The van der Waals surface area contributed by atoms with E-state index in [1.165, 1.54) is 36.3 Å². The van der Waals surface area contributed by atoms with Crippen molar-refractivity contribution in [1.82, 2.24) is 24.8 Å². The smallest absolute Gasteiger partial charge is 0.389 e. The fourth-order valence-corrected chi connectivity index (χ4v) is 2.86. The molecule has 2 N–H and O–H groups in total. The van der Waals surface area contributed by atoms with Crippen molar-refractivity contribution in [3.63, 3.8) is 0 Å². The second kappa shape index (κ2) is 6.93. The van der Waals surface area contributed by atoms with Crippen LogP contribution in [-0.4, -0.2) is 82.2 Å². The Morgan fingerprint density at radius 2 is 1.96 bits per heavy atom. The third kappa shape index (κ3) is 3.25. The molecule has 0 aliphatic carbocycles. The fraction of sp³-hybridized carbons (Fsp3) is 0.294. The Balaban J connectivity index is 1.67. The number of fused-ring (bicyclic) bond motifs is 1. The maximum absolute atomic E-state index is 12.4. The molecule has 27 heavy (non-hydrogen) atoms. The van der Waals surface area contributed by atoms with Gasteiger partial charge in [-0.1, -0.05) is 12.1 Å². The number of benzene rings is 1. The summed E-state index contributed by atoms with van der Waals surface area (Å²) in [7, 11) is 2.91. The van der Waals surface area contributed by atoms with Crippen LogP contribution in [0.15, 0.2) is 29.4 Å². The highest BCUT2D eigenvalue weighted by atomic mass is 16.3. The number of hydrogen-bond acceptors (Lipinski definition) is 6. The first kappa shape index (κ1) is 18.2. The number of carbonyl (C=O) groups excluding carboxylic acids is 3. The van der Waals surface area contributed by atoms with E-state index in [0.717, 1.165) is 4.90 Å². The van der Waals surface area contributed by atoms with Gasteiger partial charge >= 0.3 is 11.9 Å². The molecule has 3 rings (SSSR count). The van der Waals surface area contributed by atoms with Crippen LogP contribution < -0.4 is 10.1 Å². The maximum Gasteiger partial charge on any atom is 0.389 e. The third-order valence-corrected chi connectivity index (χ3v) is 4.36. The number of urea groups is 1. The summed E-state index contributed by atoms with van der Waals surface area (Å²) in [6.45, 7) is 1.48. The number of hydrazone groups is 1. The zero-order valence-corrected chi connectivity index (χ0v) is 15.1. The van der Waals surface area contributed by atoms with Crippen LogP contribution >= 0.6 is 0 Å². The van der Waals surface area contributed by atoms with Gasteiger partial charge in [-0.25, -0.2) is 14.9 Å². The number of phenols is 1. The van der Waals surface area contributed by atoms with Crippen LogP contribution in [0, 0.1) is 0 Å². The molecule has 0 radical (unpaired) electrons. The van der Waals surface area contributed by atoms with E-state index in [-0.39, 0.29) is 18.1 Å². The number of aromatic hydroxyl groups is 1. The number of rotatable bonds is 4. The molecule has 1 aromatic rings. The lowest BCUT2D eigenvalue weighted by molar-refractivity contribution is -0.131. The molecule has 1 aromatic carbocycles. The molecule has 1 atom stereocenters. The van der Waals surface area contributed by atoms with Crippen molar-refractivity contribution in [2.24, 2.45) is 5.10 Å². The zero-order valence-electron chi connectivity index (χ0n) is 15.1. The van der Waals surface area contributed by atoms with Gasteiger partial charge in [0.15, 0.2) is 0 Å². The Kier molecular flexibility index (Phi) is 4.66. The first-order chi connectivity index (χ1) is 12.8. The molecule has 0 bridgehead atoms. The second-order valence-electron chi connectivity index (χ2n) is 6.17. The van der Waals surface area contributed by atoms with Crippen molar-refractivity contribution in [2.75, 3.05) is 20.6 Å². The van der Waals surface area contributed by atoms with E-state index in [1.54, 1.807) is 25.1 Å². The van der Waals surface area contributed by atoms with Crippen molar-refractivity contribution in [1.29, 1.82) is 0 Å². The predicted molar refractivity (Wildman–Crippen MR) is 98.1 cm³/mol. The average Bonchev–Trinajstić information content (AvgIpc) is 3.06. The summed E-state index contributed by atoms with van der Waals surface area (Å²) in [4.78, 5) is 40.3. The largest absolute Gasteiger partial charge is 0.507 e. The quantitative estimate of drug-likeness (QED) is 0.397. The number of amidine groups is 1. The van der Waals surface area contributed by atoms with Gasteiger partial charge in [0.05, 0.1) is 12.8 Å². The van der Waals surface area contributed by atoms with Gasteiger partial charge in [-0.15, -0.1) is 0 Å². The third-order valence-electron chi connectivity index (χ3n) is 4.36. The Morgan fingerprint density at radius 1 is 1.26 bits per heavy atom. The summed E-state index contributed by atoms with van der Waals surface area (Å²) in [5.74, 6) is -0.577. The normalized spacial score (nSPS) is 19.4. The Labute approximate surface area is 155 Å². The number of phenolic OH excluding ortho intramolecular Hbond substituents is 1. The van der Waals surface area contributed by atoms with Gasteiger partial charge in [0, 0.05) is 12.6 Å². The van der Waals surface area contributed by atoms with Crippen molar-refractivity contribution in [3.05, 3.63) is 29.8 Å². The van der Waals surface area contributed by atoms with Crippen molar-refractivity contribution >= 4 is 35.7 Å². The van der Waals surface area contributed by atoms with Gasteiger partial charge < -0.3 is 5.11 Å². The number of para-hydroxylation sites is 1. The van der Waals surface area contributed by atoms with E-state index in [0.29, 0.717) is 11.3 Å². The molecule has 0 spiro atoms. The van der Waals surface area contributed by atoms with Crippen molar-refractivity contribution in [3.8, 4) is 5.75 Å². The molecule has 140 valence electrons. The minimum Gasteiger partial charge on any atom is -0.507 e. The number of hydrogen-bond donors (Lipinski definition) is 2. The van der Waals surface area contributed by atoms with Crippen LogP contribution in [0.2, 0.25) is 0 Å². The first-order valence-corrected chi connectivity index (χ1v) is 8.14. The molecule has 0 aromatic heterocycles. The Morgan fingerprint density at radius 3 is 2.67 bits per heavy atom. The molecule has 1 saturated heterocycles. The lowest BCUT2D eigenvalue weighted by Gasteiger charge is -2.29. The maximum atomic E-state index is 12.4. The van der Waals surface area contributed by atoms with E-state index >= 15 is 0 Å². The molecule has 10 nitrogen and oxygen atoms in total. The Hall–Kier alpha value is -3.65. The molecular formula is C17H19N6O4+. The lowest BCUT2D eigenvalue weighted by Crippen LogP contribution is -2.63. The molecule has 10 heteroatoms. The van der Waals surface area contributed by atoms with Crippen LogP contribution in [0.3, 0.4) is 0 Å². The summed E-state index contributed by atoms with van der Waals surface area (Å²) in [6, 6.07) is 5.33. The molecule has 2 heterocycles. The second-order valence-corrected chi connectivity index (χ2v) is 6.17. The highest BCUT2D eigenvalue weighted by molar-refractivity contribution is 6.22. The van der Waals surface area contributed by atoms with Crippen LogP contribution in [0.1, 0.15) is 12.5 Å². The van der Waals surface area contributed by atoms with E-state index < -0.39 is 23.9 Å². The Bertz CT molecular complexity index is 918. The molecule has 0 saturated carbocycles. The first-order valence-electron chi connectivity index (χ1n) is 8.14. The summed E-state index contributed by atoms with van der Waals surface area (Å²) >= 11 is 0. The van der Waals surface area contributed by atoms with Gasteiger partial charge in [-0.2, -0.15) is 10.0 Å². The number of likely N-dealkylation sites (N-methyl/N-ethyl adjacent to an activating group) is 2. The predicted octanol–water partition coefficient (Wildman–Crippen LogP) is -1.07. The van der Waals surface area contributed by atoms with Gasteiger partial charge in [0.1, 0.15) is 12.3 Å². The summed E-state index contributed by atoms with van der Waals surface area (Å²) in [6.07, 6.45) is 1.36.